The van der Waals surface area contributed by atoms with Crippen molar-refractivity contribution in [2.45, 2.75) is 13.5 Å². The second kappa shape index (κ2) is 6.25. The van der Waals surface area contributed by atoms with Gasteiger partial charge in [-0.2, -0.15) is 0 Å². The van der Waals surface area contributed by atoms with E-state index < -0.39 is 0 Å². The van der Waals surface area contributed by atoms with Crippen molar-refractivity contribution in [3.63, 3.8) is 0 Å². The maximum atomic E-state index is 6.28. The Kier molecular flexibility index (Phi) is 4.18. The summed E-state index contributed by atoms with van der Waals surface area (Å²) in [5.74, 6) is 0. The summed E-state index contributed by atoms with van der Waals surface area (Å²) in [4.78, 5) is 4.35. The summed E-state index contributed by atoms with van der Waals surface area (Å²) in [5.41, 5.74) is 3.41. The van der Waals surface area contributed by atoms with Crippen LogP contribution in [0.25, 0.3) is 21.9 Å². The van der Waals surface area contributed by atoms with E-state index >= 15 is 0 Å². The van der Waals surface area contributed by atoms with Gasteiger partial charge in [-0.1, -0.05) is 48.9 Å². The van der Waals surface area contributed by atoms with Crippen LogP contribution in [0.15, 0.2) is 54.9 Å². The van der Waals surface area contributed by atoms with Crippen molar-refractivity contribution in [2.24, 2.45) is 0 Å². The fourth-order valence-corrected chi connectivity index (χ4v) is 2.67. The van der Waals surface area contributed by atoms with Crippen molar-refractivity contribution >= 4 is 22.4 Å². The molecule has 1 aromatic heterocycles. The lowest BCUT2D eigenvalue weighted by molar-refractivity contribution is 0.727. The first-order valence-electron chi connectivity index (χ1n) is 7.12. The van der Waals surface area contributed by atoms with Crippen LogP contribution in [-0.2, 0) is 6.54 Å². The van der Waals surface area contributed by atoms with Crippen LogP contribution in [0.2, 0.25) is 5.02 Å². The molecule has 0 aliphatic heterocycles. The number of aromatic nitrogens is 1. The van der Waals surface area contributed by atoms with Crippen molar-refractivity contribution in [3.05, 3.63) is 65.4 Å². The van der Waals surface area contributed by atoms with E-state index in [2.05, 4.69) is 47.6 Å². The molecule has 3 heteroatoms. The van der Waals surface area contributed by atoms with Gasteiger partial charge in [-0.3, -0.25) is 4.98 Å². The summed E-state index contributed by atoms with van der Waals surface area (Å²) in [7, 11) is 0. The van der Waals surface area contributed by atoms with E-state index in [9.17, 15) is 0 Å². The van der Waals surface area contributed by atoms with Crippen LogP contribution in [0.3, 0.4) is 0 Å². The quantitative estimate of drug-likeness (QED) is 0.757. The highest BCUT2D eigenvalue weighted by molar-refractivity contribution is 6.31. The fraction of sp³-hybridized carbons (Fsp3) is 0.167. The third-order valence-corrected chi connectivity index (χ3v) is 3.96. The summed E-state index contributed by atoms with van der Waals surface area (Å²) >= 11 is 6.28. The van der Waals surface area contributed by atoms with Crippen molar-refractivity contribution in [1.29, 1.82) is 0 Å². The monoisotopic (exact) mass is 296 g/mol. The van der Waals surface area contributed by atoms with Crippen molar-refractivity contribution in [3.8, 4) is 11.1 Å². The molecule has 0 fully saturated rings. The smallest absolute Gasteiger partial charge is 0.0451 e. The highest BCUT2D eigenvalue weighted by Gasteiger charge is 2.07. The van der Waals surface area contributed by atoms with E-state index in [0.717, 1.165) is 40.2 Å². The number of hydrogen-bond donors (Lipinski definition) is 1. The third-order valence-electron chi connectivity index (χ3n) is 3.59. The van der Waals surface area contributed by atoms with Crippen molar-refractivity contribution in [2.75, 3.05) is 6.54 Å². The molecule has 1 N–H and O–H groups in total. The minimum Gasteiger partial charge on any atom is -0.313 e. The Morgan fingerprint density at radius 3 is 2.81 bits per heavy atom. The lowest BCUT2D eigenvalue weighted by Gasteiger charge is -2.10. The Balaban J connectivity index is 2.10. The number of rotatable bonds is 4. The molecule has 21 heavy (non-hydrogen) atoms. The van der Waals surface area contributed by atoms with Gasteiger partial charge in [0, 0.05) is 34.9 Å². The van der Waals surface area contributed by atoms with Crippen molar-refractivity contribution in [1.82, 2.24) is 10.3 Å². The number of nitrogens with one attached hydrogen (secondary N) is 1. The van der Waals surface area contributed by atoms with Gasteiger partial charge in [0.15, 0.2) is 0 Å². The first-order chi connectivity index (χ1) is 10.3. The maximum Gasteiger partial charge on any atom is 0.0451 e. The molecule has 0 aliphatic rings. The molecule has 106 valence electrons. The van der Waals surface area contributed by atoms with Gasteiger partial charge in [0.05, 0.1) is 0 Å². The number of halogens is 1. The van der Waals surface area contributed by atoms with Crippen LogP contribution in [0.4, 0.5) is 0 Å². The Hall–Kier alpha value is -1.90. The van der Waals surface area contributed by atoms with Crippen LogP contribution in [0.1, 0.15) is 12.5 Å². The molecule has 3 rings (SSSR count). The highest BCUT2D eigenvalue weighted by Crippen LogP contribution is 2.30. The molecule has 0 bridgehead atoms. The predicted octanol–water partition coefficient (Wildman–Crippen LogP) is 4.66. The average Bonchev–Trinajstić information content (AvgIpc) is 2.54. The third kappa shape index (κ3) is 2.92. The maximum absolute atomic E-state index is 6.28. The Labute approximate surface area is 129 Å². The van der Waals surface area contributed by atoms with Crippen LogP contribution < -0.4 is 5.32 Å². The van der Waals surface area contributed by atoms with Crippen LogP contribution in [0, 0.1) is 0 Å². The van der Waals surface area contributed by atoms with Gasteiger partial charge in [-0.25, -0.2) is 0 Å². The average molecular weight is 297 g/mol. The zero-order chi connectivity index (χ0) is 14.7. The summed E-state index contributed by atoms with van der Waals surface area (Å²) in [6.07, 6.45) is 3.82. The number of benzene rings is 2. The summed E-state index contributed by atoms with van der Waals surface area (Å²) in [6.45, 7) is 3.80. The molecule has 0 saturated carbocycles. The van der Waals surface area contributed by atoms with Gasteiger partial charge in [0.1, 0.15) is 0 Å². The standard InChI is InChI=1S/C18H17ClN2/c1-2-20-11-15-9-13(7-8-18(15)19)17-12-21-10-14-5-3-4-6-16(14)17/h3-10,12,20H,2,11H2,1H3. The molecule has 0 amide bonds. The van der Waals surface area contributed by atoms with Crippen molar-refractivity contribution < 1.29 is 0 Å². The molecule has 0 radical (unpaired) electrons. The Morgan fingerprint density at radius 1 is 1.10 bits per heavy atom. The molecule has 0 unspecified atom stereocenters. The second-order valence-electron chi connectivity index (χ2n) is 4.99. The number of hydrogen-bond acceptors (Lipinski definition) is 2. The van der Waals surface area contributed by atoms with Gasteiger partial charge >= 0.3 is 0 Å². The van der Waals surface area contributed by atoms with Gasteiger partial charge in [0.2, 0.25) is 0 Å². The fourth-order valence-electron chi connectivity index (χ4n) is 2.48. The molecule has 0 spiro atoms. The molecule has 1 heterocycles. The Bertz CT molecular complexity index is 763. The summed E-state index contributed by atoms with van der Waals surface area (Å²) < 4.78 is 0. The van der Waals surface area contributed by atoms with Gasteiger partial charge < -0.3 is 5.32 Å². The van der Waals surface area contributed by atoms with E-state index in [1.807, 2.05) is 24.5 Å². The zero-order valence-electron chi connectivity index (χ0n) is 11.9. The van der Waals surface area contributed by atoms with E-state index in [1.165, 1.54) is 5.39 Å². The molecule has 0 saturated heterocycles. The lowest BCUT2D eigenvalue weighted by Crippen LogP contribution is -2.12. The van der Waals surface area contributed by atoms with Gasteiger partial charge in [-0.15, -0.1) is 0 Å². The summed E-state index contributed by atoms with van der Waals surface area (Å²) in [5, 5.41) is 6.48. The molecule has 0 atom stereocenters. The first kappa shape index (κ1) is 14.1. The first-order valence-corrected chi connectivity index (χ1v) is 7.49. The SMILES string of the molecule is CCNCc1cc(-c2cncc3ccccc23)ccc1Cl. The Morgan fingerprint density at radius 2 is 1.95 bits per heavy atom. The normalized spacial score (nSPS) is 11.0. The molecule has 2 nitrogen and oxygen atoms in total. The van der Waals surface area contributed by atoms with Crippen LogP contribution in [-0.4, -0.2) is 11.5 Å². The van der Waals surface area contributed by atoms with E-state index in [4.69, 9.17) is 11.6 Å². The number of nitrogens with zero attached hydrogens (tertiary/aromatic N) is 1. The van der Waals surface area contributed by atoms with Crippen LogP contribution in [0.5, 0.6) is 0 Å². The van der Waals surface area contributed by atoms with Crippen LogP contribution >= 0.6 is 11.6 Å². The molecule has 0 aliphatic carbocycles. The zero-order valence-corrected chi connectivity index (χ0v) is 12.7. The van der Waals surface area contributed by atoms with Gasteiger partial charge in [0.25, 0.3) is 0 Å². The molecular formula is C18H17ClN2. The highest BCUT2D eigenvalue weighted by atomic mass is 35.5. The summed E-state index contributed by atoms with van der Waals surface area (Å²) in [6, 6.07) is 14.5. The van der Waals surface area contributed by atoms with E-state index in [-0.39, 0.29) is 0 Å². The molecular weight excluding hydrogens is 280 g/mol. The minimum absolute atomic E-state index is 0.779. The van der Waals surface area contributed by atoms with E-state index in [0.29, 0.717) is 0 Å². The lowest BCUT2D eigenvalue weighted by atomic mass is 9.99. The molecule has 2 aromatic carbocycles. The minimum atomic E-state index is 0.779. The number of pyridine rings is 1. The van der Waals surface area contributed by atoms with Gasteiger partial charge in [-0.05, 0) is 35.2 Å². The number of fused-ring (bicyclic) bond motifs is 1. The molecule has 3 aromatic rings. The largest absolute Gasteiger partial charge is 0.313 e. The topological polar surface area (TPSA) is 24.9 Å². The predicted molar refractivity (Wildman–Crippen MR) is 89.6 cm³/mol. The van der Waals surface area contributed by atoms with E-state index in [1.54, 1.807) is 0 Å². The second-order valence-corrected chi connectivity index (χ2v) is 5.40.